The molecule has 0 aliphatic carbocycles. The van der Waals surface area contributed by atoms with Gasteiger partial charge < -0.3 is 19.5 Å². The molecule has 0 spiro atoms. The van der Waals surface area contributed by atoms with Gasteiger partial charge in [-0.05, 0) is 96.8 Å². The third-order valence-electron chi connectivity index (χ3n) is 7.21. The summed E-state index contributed by atoms with van der Waals surface area (Å²) in [5.41, 5.74) is 0.615. The van der Waals surface area contributed by atoms with E-state index < -0.39 is 53.0 Å². The highest BCUT2D eigenvalue weighted by molar-refractivity contribution is 14.1. The van der Waals surface area contributed by atoms with Crippen LogP contribution < -0.4 is 14.8 Å². The highest BCUT2D eigenvalue weighted by Gasteiger charge is 2.38. The lowest BCUT2D eigenvalue weighted by Gasteiger charge is -2.26. The molecule has 16 heteroatoms. The number of nitrogens with zero attached hydrogens (tertiary/aromatic N) is 4. The standard InChI is InChI=1S/C33H40IN5O8S2/c1-22(17-35-32(40)47-33(2,3)4)20-48(41,42)28-16-15-27(34)29(31-36-21-37-38-31)30(28)49(43,44)39(18-23-7-11-25(45-5)12-8-23)19-24-9-13-26(46-6)14-10-24/h7-16,22H,17-21H2,1-6H3,(H,35,40)/t22-/m1/s1. The van der Waals surface area contributed by atoms with Gasteiger partial charge in [0.05, 0.1) is 30.4 Å². The largest absolute Gasteiger partial charge is 0.497 e. The van der Waals surface area contributed by atoms with Gasteiger partial charge in [0.25, 0.3) is 0 Å². The van der Waals surface area contributed by atoms with Crippen LogP contribution in [0.1, 0.15) is 44.4 Å². The highest BCUT2D eigenvalue weighted by Crippen LogP contribution is 2.35. The number of aliphatic imine (C=N–C) groups is 1. The Morgan fingerprint density at radius 2 is 1.47 bits per heavy atom. The number of hydrogen-bond donors (Lipinski definition) is 1. The zero-order valence-corrected chi connectivity index (χ0v) is 31.9. The second kappa shape index (κ2) is 15.9. The lowest BCUT2D eigenvalue weighted by molar-refractivity contribution is 0.0521. The monoisotopic (exact) mass is 825 g/mol. The topological polar surface area (TPSA) is 165 Å². The minimum Gasteiger partial charge on any atom is -0.497 e. The van der Waals surface area contributed by atoms with Crippen molar-refractivity contribution in [1.82, 2.24) is 9.62 Å². The van der Waals surface area contributed by atoms with Crippen molar-refractivity contribution in [3.05, 3.63) is 80.9 Å². The molecule has 264 valence electrons. The predicted molar refractivity (Wildman–Crippen MR) is 193 cm³/mol. The van der Waals surface area contributed by atoms with Gasteiger partial charge in [0.1, 0.15) is 22.0 Å². The number of carbonyl (C=O) groups is 1. The number of ether oxygens (including phenoxy) is 3. The van der Waals surface area contributed by atoms with Crippen molar-refractivity contribution in [2.75, 3.05) is 33.2 Å². The second-order valence-corrected chi connectivity index (χ2v) is 17.4. The number of hydrogen-bond acceptors (Lipinski definition) is 11. The molecule has 13 nitrogen and oxygen atoms in total. The molecule has 0 fully saturated rings. The lowest BCUT2D eigenvalue weighted by atomic mass is 10.2. The number of rotatable bonds is 14. The van der Waals surface area contributed by atoms with Crippen LogP contribution in [0.3, 0.4) is 0 Å². The highest BCUT2D eigenvalue weighted by atomic mass is 127. The summed E-state index contributed by atoms with van der Waals surface area (Å²) in [7, 11) is -5.81. The van der Waals surface area contributed by atoms with Crippen LogP contribution in [0, 0.1) is 9.49 Å². The molecule has 3 aromatic carbocycles. The number of alkyl carbamates (subject to hydrolysis) is 1. The molecule has 0 saturated carbocycles. The molecule has 1 N–H and O–H groups in total. The van der Waals surface area contributed by atoms with Crippen molar-refractivity contribution >= 4 is 54.4 Å². The number of halogens is 1. The van der Waals surface area contributed by atoms with Crippen molar-refractivity contribution in [2.24, 2.45) is 21.1 Å². The first-order valence-electron chi connectivity index (χ1n) is 15.2. The Balaban J connectivity index is 1.82. The molecule has 3 aromatic rings. The number of carbonyl (C=O) groups excluding carboxylic acids is 1. The summed E-state index contributed by atoms with van der Waals surface area (Å²) >= 11 is 1.95. The number of sulfone groups is 1. The molecule has 1 amide bonds. The molecule has 0 unspecified atom stereocenters. The van der Waals surface area contributed by atoms with Gasteiger partial charge in [-0.25, -0.2) is 26.6 Å². The lowest BCUT2D eigenvalue weighted by Crippen LogP contribution is -2.36. The average molecular weight is 826 g/mol. The first-order valence-corrected chi connectivity index (χ1v) is 19.4. The van der Waals surface area contributed by atoms with E-state index in [2.05, 4.69) is 20.5 Å². The van der Waals surface area contributed by atoms with Crippen LogP contribution in [0.4, 0.5) is 4.79 Å². The summed E-state index contributed by atoms with van der Waals surface area (Å²) in [5, 5.41) is 10.6. The van der Waals surface area contributed by atoms with E-state index in [0.717, 1.165) is 0 Å². The number of sulfonamides is 1. The fourth-order valence-electron chi connectivity index (χ4n) is 4.93. The van der Waals surface area contributed by atoms with Crippen LogP contribution in [0.2, 0.25) is 0 Å². The summed E-state index contributed by atoms with van der Waals surface area (Å²) in [4.78, 5) is 15.7. The van der Waals surface area contributed by atoms with Crippen molar-refractivity contribution < 1.29 is 35.8 Å². The smallest absolute Gasteiger partial charge is 0.407 e. The quantitative estimate of drug-likeness (QED) is 0.199. The normalized spacial score (nSPS) is 14.0. The number of amidine groups is 1. The van der Waals surface area contributed by atoms with Gasteiger partial charge in [-0.2, -0.15) is 9.42 Å². The summed E-state index contributed by atoms with van der Waals surface area (Å²) in [6.07, 6.45) is -0.686. The first kappa shape index (κ1) is 38.2. The van der Waals surface area contributed by atoms with Gasteiger partial charge in [-0.3, -0.25) is 0 Å². The summed E-state index contributed by atoms with van der Waals surface area (Å²) < 4.78 is 75.9. The van der Waals surface area contributed by atoms with Gasteiger partial charge in [-0.1, -0.05) is 31.2 Å². The van der Waals surface area contributed by atoms with Gasteiger partial charge in [0, 0.05) is 23.2 Å². The first-order chi connectivity index (χ1) is 23.0. The minimum absolute atomic E-state index is 0.0172. The van der Waals surface area contributed by atoms with Crippen LogP contribution in [-0.4, -0.2) is 71.9 Å². The molecule has 1 heterocycles. The molecule has 4 rings (SSSR count). The third-order valence-corrected chi connectivity index (χ3v) is 12.1. The van der Waals surface area contributed by atoms with Gasteiger partial charge >= 0.3 is 6.09 Å². The average Bonchev–Trinajstić information content (AvgIpc) is 3.57. The number of amides is 1. The van der Waals surface area contributed by atoms with E-state index >= 15 is 8.42 Å². The van der Waals surface area contributed by atoms with E-state index in [1.165, 1.54) is 30.7 Å². The van der Waals surface area contributed by atoms with E-state index in [4.69, 9.17) is 14.2 Å². The molecule has 1 aliphatic rings. The molecule has 0 radical (unpaired) electrons. The molecular formula is C33H40IN5O8S2. The minimum atomic E-state index is -4.60. The number of nitrogens with one attached hydrogen (secondary N) is 1. The zero-order valence-electron chi connectivity index (χ0n) is 28.1. The zero-order chi connectivity index (χ0) is 36.0. The van der Waals surface area contributed by atoms with Gasteiger partial charge in [0.2, 0.25) is 10.0 Å². The molecule has 0 aromatic heterocycles. The van der Waals surface area contributed by atoms with Crippen LogP contribution in [0.5, 0.6) is 11.5 Å². The predicted octanol–water partition coefficient (Wildman–Crippen LogP) is 5.80. The summed E-state index contributed by atoms with van der Waals surface area (Å²) in [5.74, 6) is 0.154. The van der Waals surface area contributed by atoms with E-state index in [9.17, 15) is 13.2 Å². The second-order valence-electron chi connectivity index (χ2n) is 12.4. The van der Waals surface area contributed by atoms with E-state index in [-0.39, 0.29) is 37.7 Å². The molecule has 49 heavy (non-hydrogen) atoms. The van der Waals surface area contributed by atoms with Gasteiger partial charge in [-0.15, -0.1) is 5.11 Å². The van der Waals surface area contributed by atoms with E-state index in [1.54, 1.807) is 76.2 Å². The van der Waals surface area contributed by atoms with Crippen molar-refractivity contribution in [1.29, 1.82) is 0 Å². The van der Waals surface area contributed by atoms with E-state index in [1.807, 2.05) is 22.6 Å². The maximum Gasteiger partial charge on any atom is 0.407 e. The SMILES string of the molecule is COc1ccc(CN(Cc2ccc(OC)cc2)S(=O)(=O)c2c(S(=O)(=O)C[C@H](C)CNC(=O)OC(C)(C)C)ccc(I)c2C2=NCN=N2)cc1. The molecule has 0 bridgehead atoms. The number of azo groups is 1. The van der Waals surface area contributed by atoms with Crippen molar-refractivity contribution in [2.45, 2.75) is 56.2 Å². The Hall–Kier alpha value is -3.61. The molecule has 1 aliphatic heterocycles. The third kappa shape index (κ3) is 9.98. The Morgan fingerprint density at radius 3 is 1.94 bits per heavy atom. The Morgan fingerprint density at radius 1 is 0.918 bits per heavy atom. The maximum absolute atomic E-state index is 15.0. The van der Waals surface area contributed by atoms with Crippen LogP contribution in [-0.2, 0) is 37.7 Å². The van der Waals surface area contributed by atoms with Gasteiger partial charge in [0.15, 0.2) is 22.3 Å². The number of benzene rings is 3. The van der Waals surface area contributed by atoms with E-state index in [0.29, 0.717) is 26.2 Å². The number of methoxy groups -OCH3 is 2. The molecule has 1 atom stereocenters. The Bertz CT molecular complexity index is 1880. The van der Waals surface area contributed by atoms with Crippen molar-refractivity contribution in [3.8, 4) is 11.5 Å². The fraction of sp³-hybridized carbons (Fsp3) is 0.394. The Kier molecular flexibility index (Phi) is 12.4. The van der Waals surface area contributed by atoms with Crippen molar-refractivity contribution in [3.63, 3.8) is 0 Å². The molecular weight excluding hydrogens is 785 g/mol. The maximum atomic E-state index is 15.0. The molecule has 0 saturated heterocycles. The Labute approximate surface area is 301 Å². The van der Waals surface area contributed by atoms with Crippen LogP contribution in [0.15, 0.2) is 85.7 Å². The fourth-order valence-corrected chi connectivity index (χ4v) is 9.88. The summed E-state index contributed by atoms with van der Waals surface area (Å²) in [6.45, 7) is 6.59. The summed E-state index contributed by atoms with van der Waals surface area (Å²) in [6, 6.07) is 16.7. The van der Waals surface area contributed by atoms with Crippen LogP contribution in [0.25, 0.3) is 0 Å². The van der Waals surface area contributed by atoms with Crippen LogP contribution >= 0.6 is 22.6 Å².